The lowest BCUT2D eigenvalue weighted by Gasteiger charge is -2.01. The predicted octanol–water partition coefficient (Wildman–Crippen LogP) is 2.27. The SMILES string of the molecule is CCS(=O)c1cccc(CCC#N)c1. The van der Waals surface area contributed by atoms with Crippen LogP contribution < -0.4 is 0 Å². The Morgan fingerprint density at radius 2 is 2.29 bits per heavy atom. The summed E-state index contributed by atoms with van der Waals surface area (Å²) in [4.78, 5) is 0.864. The van der Waals surface area contributed by atoms with Crippen LogP contribution in [-0.4, -0.2) is 9.96 Å². The van der Waals surface area contributed by atoms with Crippen LogP contribution in [0.3, 0.4) is 0 Å². The first-order chi connectivity index (χ1) is 6.77. The van der Waals surface area contributed by atoms with Crippen molar-refractivity contribution in [1.82, 2.24) is 0 Å². The van der Waals surface area contributed by atoms with Crippen molar-refractivity contribution in [2.24, 2.45) is 0 Å². The van der Waals surface area contributed by atoms with E-state index in [1.54, 1.807) is 0 Å². The molecule has 0 aliphatic carbocycles. The fourth-order valence-corrected chi connectivity index (χ4v) is 2.06. The Morgan fingerprint density at radius 1 is 1.50 bits per heavy atom. The highest BCUT2D eigenvalue weighted by Gasteiger charge is 2.01. The molecule has 0 saturated heterocycles. The zero-order valence-corrected chi connectivity index (χ0v) is 9.01. The number of rotatable bonds is 4. The maximum atomic E-state index is 11.5. The quantitative estimate of drug-likeness (QED) is 0.760. The van der Waals surface area contributed by atoms with Crippen molar-refractivity contribution < 1.29 is 4.21 Å². The van der Waals surface area contributed by atoms with Crippen LogP contribution in [0.15, 0.2) is 29.2 Å². The maximum Gasteiger partial charge on any atom is 0.0625 e. The van der Waals surface area contributed by atoms with Gasteiger partial charge in [-0.25, -0.2) is 0 Å². The van der Waals surface area contributed by atoms with Gasteiger partial charge in [-0.2, -0.15) is 5.26 Å². The minimum atomic E-state index is -0.889. The summed E-state index contributed by atoms with van der Waals surface area (Å²) < 4.78 is 11.5. The number of hydrogen-bond donors (Lipinski definition) is 0. The van der Waals surface area contributed by atoms with Gasteiger partial charge < -0.3 is 0 Å². The molecule has 2 nitrogen and oxygen atoms in total. The molecule has 1 aromatic carbocycles. The van der Waals surface area contributed by atoms with Crippen molar-refractivity contribution in [3.8, 4) is 6.07 Å². The van der Waals surface area contributed by atoms with Crippen molar-refractivity contribution in [2.45, 2.75) is 24.7 Å². The van der Waals surface area contributed by atoms with Crippen molar-refractivity contribution in [3.63, 3.8) is 0 Å². The number of aryl methyl sites for hydroxylation is 1. The van der Waals surface area contributed by atoms with Crippen LogP contribution in [0.2, 0.25) is 0 Å². The molecular formula is C11H13NOS. The normalized spacial score (nSPS) is 12.0. The van der Waals surface area contributed by atoms with E-state index in [0.29, 0.717) is 12.2 Å². The summed E-state index contributed by atoms with van der Waals surface area (Å²) in [6.45, 7) is 1.90. The average Bonchev–Trinajstić information content (AvgIpc) is 2.25. The molecule has 1 unspecified atom stereocenters. The summed E-state index contributed by atoms with van der Waals surface area (Å²) >= 11 is 0. The highest BCUT2D eigenvalue weighted by Crippen LogP contribution is 2.11. The van der Waals surface area contributed by atoms with Gasteiger partial charge in [0, 0.05) is 17.1 Å². The fraction of sp³-hybridized carbons (Fsp3) is 0.364. The molecule has 14 heavy (non-hydrogen) atoms. The maximum absolute atomic E-state index is 11.5. The summed E-state index contributed by atoms with van der Waals surface area (Å²) in [6, 6.07) is 9.77. The first-order valence-electron chi connectivity index (χ1n) is 4.62. The monoisotopic (exact) mass is 207 g/mol. The van der Waals surface area contributed by atoms with E-state index in [2.05, 4.69) is 6.07 Å². The molecule has 1 rings (SSSR count). The van der Waals surface area contributed by atoms with Gasteiger partial charge in [0.25, 0.3) is 0 Å². The molecule has 0 aliphatic rings. The standard InChI is InChI=1S/C11H13NOS/c1-2-14(13)11-7-3-5-10(9-11)6-4-8-12/h3,5,7,9H,2,4,6H2,1H3. The summed E-state index contributed by atoms with van der Waals surface area (Å²) in [5.41, 5.74) is 1.09. The smallest absolute Gasteiger partial charge is 0.0625 e. The van der Waals surface area contributed by atoms with E-state index in [4.69, 9.17) is 5.26 Å². The van der Waals surface area contributed by atoms with Gasteiger partial charge in [0.1, 0.15) is 0 Å². The van der Waals surface area contributed by atoms with Gasteiger partial charge in [-0.05, 0) is 24.1 Å². The fourth-order valence-electron chi connectivity index (χ4n) is 1.21. The lowest BCUT2D eigenvalue weighted by molar-refractivity contribution is 0.683. The van der Waals surface area contributed by atoms with Crippen LogP contribution >= 0.6 is 0 Å². The Balaban J connectivity index is 2.79. The Kier molecular flexibility index (Phi) is 4.34. The van der Waals surface area contributed by atoms with E-state index in [1.807, 2.05) is 31.2 Å². The highest BCUT2D eigenvalue weighted by molar-refractivity contribution is 7.85. The summed E-state index contributed by atoms with van der Waals surface area (Å²) in [5.74, 6) is 0.641. The Bertz CT molecular complexity index is 368. The predicted molar refractivity (Wildman–Crippen MR) is 57.3 cm³/mol. The largest absolute Gasteiger partial charge is 0.254 e. The lowest BCUT2D eigenvalue weighted by Crippen LogP contribution is -1.95. The molecule has 0 saturated carbocycles. The molecule has 0 N–H and O–H groups in total. The third-order valence-electron chi connectivity index (χ3n) is 1.95. The van der Waals surface area contributed by atoms with E-state index >= 15 is 0 Å². The molecule has 1 aromatic rings. The molecule has 1 atom stereocenters. The van der Waals surface area contributed by atoms with E-state index < -0.39 is 10.8 Å². The molecule has 3 heteroatoms. The van der Waals surface area contributed by atoms with Gasteiger partial charge in [-0.15, -0.1) is 0 Å². The highest BCUT2D eigenvalue weighted by atomic mass is 32.2. The van der Waals surface area contributed by atoms with Crippen LogP contribution in [-0.2, 0) is 17.2 Å². The molecule has 0 spiro atoms. The van der Waals surface area contributed by atoms with Gasteiger partial charge in [0.15, 0.2) is 0 Å². The van der Waals surface area contributed by atoms with E-state index in [-0.39, 0.29) is 0 Å². The second-order valence-electron chi connectivity index (χ2n) is 2.94. The van der Waals surface area contributed by atoms with Crippen LogP contribution in [0.5, 0.6) is 0 Å². The number of nitrogens with zero attached hydrogens (tertiary/aromatic N) is 1. The van der Waals surface area contributed by atoms with Crippen LogP contribution in [0.1, 0.15) is 18.9 Å². The third-order valence-corrected chi connectivity index (χ3v) is 3.25. The van der Waals surface area contributed by atoms with E-state index in [1.165, 1.54) is 0 Å². The van der Waals surface area contributed by atoms with Crippen molar-refractivity contribution in [1.29, 1.82) is 5.26 Å². The molecule has 0 heterocycles. The summed E-state index contributed by atoms with van der Waals surface area (Å²) in [7, 11) is -0.889. The Morgan fingerprint density at radius 3 is 2.93 bits per heavy atom. The van der Waals surface area contributed by atoms with Gasteiger partial charge >= 0.3 is 0 Å². The van der Waals surface area contributed by atoms with E-state index in [0.717, 1.165) is 16.9 Å². The summed E-state index contributed by atoms with van der Waals surface area (Å²) in [5, 5.41) is 8.44. The van der Waals surface area contributed by atoms with Crippen LogP contribution in [0.25, 0.3) is 0 Å². The average molecular weight is 207 g/mol. The third kappa shape index (κ3) is 2.97. The summed E-state index contributed by atoms with van der Waals surface area (Å²) in [6.07, 6.45) is 1.26. The zero-order valence-electron chi connectivity index (χ0n) is 8.19. The Labute approximate surface area is 87.0 Å². The number of benzene rings is 1. The van der Waals surface area contributed by atoms with E-state index in [9.17, 15) is 4.21 Å². The van der Waals surface area contributed by atoms with Crippen molar-refractivity contribution in [2.75, 3.05) is 5.75 Å². The molecule has 74 valence electrons. The molecule has 0 radical (unpaired) electrons. The van der Waals surface area contributed by atoms with Crippen LogP contribution in [0.4, 0.5) is 0 Å². The molecule has 0 aromatic heterocycles. The van der Waals surface area contributed by atoms with Crippen LogP contribution in [0, 0.1) is 11.3 Å². The van der Waals surface area contributed by atoms with Gasteiger partial charge in [-0.3, -0.25) is 4.21 Å². The molecule has 0 amide bonds. The van der Waals surface area contributed by atoms with Crippen molar-refractivity contribution >= 4 is 10.8 Å². The minimum Gasteiger partial charge on any atom is -0.254 e. The number of hydrogen-bond acceptors (Lipinski definition) is 2. The lowest BCUT2D eigenvalue weighted by atomic mass is 10.1. The first-order valence-corrected chi connectivity index (χ1v) is 5.94. The van der Waals surface area contributed by atoms with Gasteiger partial charge in [-0.1, -0.05) is 19.1 Å². The van der Waals surface area contributed by atoms with Gasteiger partial charge in [0.2, 0.25) is 0 Å². The second kappa shape index (κ2) is 5.56. The molecule has 0 aliphatic heterocycles. The minimum absolute atomic E-state index is 0.516. The second-order valence-corrected chi connectivity index (χ2v) is 4.68. The van der Waals surface area contributed by atoms with Crippen molar-refractivity contribution in [3.05, 3.63) is 29.8 Å². The molecular weight excluding hydrogens is 194 g/mol. The first kappa shape index (κ1) is 10.9. The molecule has 0 fully saturated rings. The zero-order chi connectivity index (χ0) is 10.4. The van der Waals surface area contributed by atoms with Gasteiger partial charge in [0.05, 0.1) is 16.9 Å². The Hall–Kier alpha value is -1.14. The number of nitriles is 1. The molecule has 0 bridgehead atoms. The topological polar surface area (TPSA) is 40.9 Å².